The summed E-state index contributed by atoms with van der Waals surface area (Å²) in [6.45, 7) is 3.64. The lowest BCUT2D eigenvalue weighted by Crippen LogP contribution is -2.47. The highest BCUT2D eigenvalue weighted by Crippen LogP contribution is 2.33. The molecule has 0 spiro atoms. The van der Waals surface area contributed by atoms with Crippen LogP contribution in [0.25, 0.3) is 16.8 Å². The van der Waals surface area contributed by atoms with Crippen molar-refractivity contribution in [2.75, 3.05) is 31.1 Å². The lowest BCUT2D eigenvalue weighted by atomic mass is 10.1. The predicted octanol–water partition coefficient (Wildman–Crippen LogP) is 5.63. The second-order valence-corrected chi connectivity index (χ2v) is 9.74. The maximum absolute atomic E-state index is 13.7. The van der Waals surface area contributed by atoms with Crippen molar-refractivity contribution in [3.05, 3.63) is 100 Å². The summed E-state index contributed by atoms with van der Waals surface area (Å²) in [6.07, 6.45) is 4.34. The SMILES string of the molecule is O=c1c(Oc2ccc(-c3ccccc3)cc2)c(N2CCN(C3CC3)CC2)cnn1-c1ccc(Cl)cc1. The zero-order valence-corrected chi connectivity index (χ0v) is 20.6. The third kappa shape index (κ3) is 4.74. The van der Waals surface area contributed by atoms with E-state index in [2.05, 4.69) is 27.0 Å². The summed E-state index contributed by atoms with van der Waals surface area (Å²) >= 11 is 6.06. The highest BCUT2D eigenvalue weighted by Gasteiger charge is 2.32. The second-order valence-electron chi connectivity index (χ2n) is 9.30. The van der Waals surface area contributed by atoms with Crippen LogP contribution < -0.4 is 15.2 Å². The van der Waals surface area contributed by atoms with Gasteiger partial charge in [-0.15, -0.1) is 0 Å². The zero-order chi connectivity index (χ0) is 24.5. The van der Waals surface area contributed by atoms with E-state index in [1.165, 1.54) is 17.5 Å². The third-order valence-corrected chi connectivity index (χ3v) is 7.14. The maximum atomic E-state index is 13.7. The van der Waals surface area contributed by atoms with Gasteiger partial charge >= 0.3 is 5.56 Å². The van der Waals surface area contributed by atoms with Crippen LogP contribution in [0, 0.1) is 0 Å². The molecule has 1 aromatic heterocycles. The van der Waals surface area contributed by atoms with E-state index in [-0.39, 0.29) is 11.3 Å². The van der Waals surface area contributed by atoms with E-state index in [4.69, 9.17) is 16.3 Å². The molecular weight excluding hydrogens is 472 g/mol. The number of piperazine rings is 1. The summed E-state index contributed by atoms with van der Waals surface area (Å²) in [7, 11) is 0. The normalized spacial score (nSPS) is 16.2. The minimum atomic E-state index is -0.299. The van der Waals surface area contributed by atoms with Gasteiger partial charge in [-0.1, -0.05) is 54.1 Å². The van der Waals surface area contributed by atoms with E-state index in [0.717, 1.165) is 49.0 Å². The van der Waals surface area contributed by atoms with Gasteiger partial charge < -0.3 is 9.64 Å². The Kier molecular flexibility index (Phi) is 6.21. The van der Waals surface area contributed by atoms with E-state index in [1.807, 2.05) is 42.5 Å². The Hall–Kier alpha value is -3.61. The van der Waals surface area contributed by atoms with Crippen LogP contribution in [0.4, 0.5) is 5.69 Å². The molecule has 2 fully saturated rings. The summed E-state index contributed by atoms with van der Waals surface area (Å²) < 4.78 is 7.67. The molecule has 0 radical (unpaired) electrons. The number of rotatable bonds is 6. The monoisotopic (exact) mass is 498 g/mol. The molecule has 1 saturated heterocycles. The van der Waals surface area contributed by atoms with Crippen LogP contribution >= 0.6 is 11.6 Å². The summed E-state index contributed by atoms with van der Waals surface area (Å²) in [5.41, 5.74) is 3.29. The lowest BCUT2D eigenvalue weighted by molar-refractivity contribution is 0.247. The topological polar surface area (TPSA) is 50.6 Å². The van der Waals surface area contributed by atoms with Gasteiger partial charge in [0.1, 0.15) is 11.4 Å². The average Bonchev–Trinajstić information content (AvgIpc) is 3.77. The Balaban J connectivity index is 1.33. The van der Waals surface area contributed by atoms with E-state index < -0.39 is 0 Å². The largest absolute Gasteiger partial charge is 0.449 e. The van der Waals surface area contributed by atoms with E-state index in [0.29, 0.717) is 16.5 Å². The maximum Gasteiger partial charge on any atom is 0.316 e. The second kappa shape index (κ2) is 9.80. The zero-order valence-electron chi connectivity index (χ0n) is 19.9. The molecule has 1 aliphatic heterocycles. The number of benzene rings is 3. The summed E-state index contributed by atoms with van der Waals surface area (Å²) in [5.74, 6) is 0.894. The number of nitrogens with zero attached hydrogens (tertiary/aromatic N) is 4. The minimum Gasteiger partial charge on any atom is -0.449 e. The molecule has 0 amide bonds. The van der Waals surface area contributed by atoms with Gasteiger partial charge in [0, 0.05) is 37.2 Å². The van der Waals surface area contributed by atoms with Gasteiger partial charge in [-0.2, -0.15) is 9.78 Å². The Morgan fingerprint density at radius 3 is 2.14 bits per heavy atom. The first-order valence-corrected chi connectivity index (χ1v) is 12.7. The van der Waals surface area contributed by atoms with Crippen LogP contribution in [0.2, 0.25) is 5.02 Å². The molecule has 0 N–H and O–H groups in total. The molecule has 6 nitrogen and oxygen atoms in total. The standard InChI is InChI=1S/C29H27ClN4O2/c30-23-8-10-25(11-9-23)34-29(35)28(27(20-31-34)33-18-16-32(17-19-33)24-12-13-24)36-26-14-6-22(7-15-26)21-4-2-1-3-5-21/h1-11,14-15,20,24H,12-13,16-19H2. The van der Waals surface area contributed by atoms with Crippen LogP contribution in [0.5, 0.6) is 11.5 Å². The predicted molar refractivity (Wildman–Crippen MR) is 144 cm³/mol. The molecule has 6 rings (SSSR count). The van der Waals surface area contributed by atoms with Gasteiger partial charge in [-0.05, 0) is 60.4 Å². The van der Waals surface area contributed by atoms with Crippen molar-refractivity contribution in [3.63, 3.8) is 0 Å². The van der Waals surface area contributed by atoms with Crippen molar-refractivity contribution < 1.29 is 4.74 Å². The quantitative estimate of drug-likeness (QED) is 0.345. The summed E-state index contributed by atoms with van der Waals surface area (Å²) in [5, 5.41) is 5.11. The highest BCUT2D eigenvalue weighted by molar-refractivity contribution is 6.30. The molecule has 2 aliphatic rings. The Labute approximate surface area is 215 Å². The van der Waals surface area contributed by atoms with Gasteiger partial charge in [0.25, 0.3) is 0 Å². The minimum absolute atomic E-state index is 0.285. The highest BCUT2D eigenvalue weighted by atomic mass is 35.5. The van der Waals surface area contributed by atoms with Gasteiger partial charge in [0.15, 0.2) is 0 Å². The molecule has 0 atom stereocenters. The fraction of sp³-hybridized carbons (Fsp3) is 0.241. The number of aromatic nitrogens is 2. The van der Waals surface area contributed by atoms with Crippen molar-refractivity contribution in [2.24, 2.45) is 0 Å². The van der Waals surface area contributed by atoms with Crippen LogP contribution in [0.15, 0.2) is 89.9 Å². The van der Waals surface area contributed by atoms with Gasteiger partial charge in [-0.3, -0.25) is 9.69 Å². The smallest absolute Gasteiger partial charge is 0.316 e. The van der Waals surface area contributed by atoms with Crippen molar-refractivity contribution in [2.45, 2.75) is 18.9 Å². The van der Waals surface area contributed by atoms with Crippen molar-refractivity contribution >= 4 is 17.3 Å². The van der Waals surface area contributed by atoms with E-state index >= 15 is 0 Å². The molecule has 1 aliphatic carbocycles. The number of anilines is 1. The first-order valence-electron chi connectivity index (χ1n) is 12.4. The molecule has 4 aromatic rings. The van der Waals surface area contributed by atoms with Crippen LogP contribution in [0.1, 0.15) is 12.8 Å². The Morgan fingerprint density at radius 1 is 0.806 bits per heavy atom. The van der Waals surface area contributed by atoms with E-state index in [9.17, 15) is 4.79 Å². The average molecular weight is 499 g/mol. The number of halogens is 1. The first kappa shape index (κ1) is 22.8. The van der Waals surface area contributed by atoms with E-state index in [1.54, 1.807) is 30.5 Å². The van der Waals surface area contributed by atoms with Crippen LogP contribution in [-0.4, -0.2) is 46.9 Å². The van der Waals surface area contributed by atoms with Gasteiger partial charge in [0.2, 0.25) is 5.75 Å². The molecule has 3 aromatic carbocycles. The third-order valence-electron chi connectivity index (χ3n) is 6.89. The summed E-state index contributed by atoms with van der Waals surface area (Å²) in [4.78, 5) is 18.5. The van der Waals surface area contributed by atoms with Crippen LogP contribution in [-0.2, 0) is 0 Å². The molecular formula is C29H27ClN4O2. The number of ether oxygens (including phenoxy) is 1. The molecule has 0 unspecified atom stereocenters. The first-order chi connectivity index (χ1) is 17.7. The molecule has 0 bridgehead atoms. The van der Waals surface area contributed by atoms with Gasteiger partial charge in [-0.25, -0.2) is 0 Å². The fourth-order valence-corrected chi connectivity index (χ4v) is 4.87. The fourth-order valence-electron chi connectivity index (χ4n) is 4.75. The Morgan fingerprint density at radius 2 is 1.47 bits per heavy atom. The number of hydrogen-bond acceptors (Lipinski definition) is 5. The van der Waals surface area contributed by atoms with Gasteiger partial charge in [0.05, 0.1) is 11.9 Å². The molecule has 1 saturated carbocycles. The lowest BCUT2D eigenvalue weighted by Gasteiger charge is -2.36. The number of hydrogen-bond donors (Lipinski definition) is 0. The van der Waals surface area contributed by atoms with Crippen molar-refractivity contribution in [3.8, 4) is 28.3 Å². The van der Waals surface area contributed by atoms with Crippen molar-refractivity contribution in [1.82, 2.24) is 14.7 Å². The van der Waals surface area contributed by atoms with Crippen LogP contribution in [0.3, 0.4) is 0 Å². The molecule has 36 heavy (non-hydrogen) atoms. The molecule has 182 valence electrons. The molecule has 2 heterocycles. The summed E-state index contributed by atoms with van der Waals surface area (Å²) in [6, 6.07) is 25.8. The van der Waals surface area contributed by atoms with Crippen molar-refractivity contribution in [1.29, 1.82) is 0 Å². The Bertz CT molecular complexity index is 1390. The molecule has 7 heteroatoms.